The summed E-state index contributed by atoms with van der Waals surface area (Å²) in [5.41, 5.74) is 1.17. The van der Waals surface area contributed by atoms with Gasteiger partial charge < -0.3 is 9.84 Å². The lowest BCUT2D eigenvalue weighted by Crippen LogP contribution is -2.33. The first-order valence-electron chi connectivity index (χ1n) is 7.74. The first-order chi connectivity index (χ1) is 11.5. The summed E-state index contributed by atoms with van der Waals surface area (Å²) >= 11 is 0. The third kappa shape index (κ3) is 3.94. The normalized spacial score (nSPS) is 15.6. The first kappa shape index (κ1) is 16.5. The standard InChI is InChI=1S/C16H17F2N3O3/c17-16(18)15-8-12(20-24-15)9-19-13(10-5-6-10)7-11-3-1-2-4-14(11)21(22)23/h1-4,8,10,13,16,19H,5-7,9H2. The Morgan fingerprint density at radius 1 is 1.38 bits per heavy atom. The van der Waals surface area contributed by atoms with Gasteiger partial charge in [-0.2, -0.15) is 0 Å². The predicted molar refractivity (Wildman–Crippen MR) is 81.6 cm³/mol. The lowest BCUT2D eigenvalue weighted by molar-refractivity contribution is -0.385. The third-order valence-corrected chi connectivity index (χ3v) is 4.16. The third-order valence-electron chi connectivity index (χ3n) is 4.16. The van der Waals surface area contributed by atoms with Crippen molar-refractivity contribution < 1.29 is 18.2 Å². The van der Waals surface area contributed by atoms with E-state index in [1.807, 2.05) is 0 Å². The van der Waals surface area contributed by atoms with E-state index in [2.05, 4.69) is 15.0 Å². The van der Waals surface area contributed by atoms with Gasteiger partial charge in [0.2, 0.25) is 5.76 Å². The molecule has 0 aliphatic heterocycles. The summed E-state index contributed by atoms with van der Waals surface area (Å²) < 4.78 is 29.6. The molecule has 1 aromatic heterocycles. The molecular formula is C16H17F2N3O3. The van der Waals surface area contributed by atoms with E-state index in [1.54, 1.807) is 18.2 Å². The Morgan fingerprint density at radius 3 is 2.75 bits per heavy atom. The van der Waals surface area contributed by atoms with E-state index in [0.717, 1.165) is 12.8 Å². The Balaban J connectivity index is 1.66. The topological polar surface area (TPSA) is 81.2 Å². The van der Waals surface area contributed by atoms with Crippen molar-refractivity contribution in [2.24, 2.45) is 5.92 Å². The van der Waals surface area contributed by atoms with Crippen LogP contribution in [0.2, 0.25) is 0 Å². The fraction of sp³-hybridized carbons (Fsp3) is 0.438. The van der Waals surface area contributed by atoms with Crippen LogP contribution in [0, 0.1) is 16.0 Å². The molecule has 1 N–H and O–H groups in total. The number of nitrogens with zero attached hydrogens (tertiary/aromatic N) is 2. The Morgan fingerprint density at radius 2 is 2.12 bits per heavy atom. The van der Waals surface area contributed by atoms with Crippen LogP contribution < -0.4 is 5.32 Å². The van der Waals surface area contributed by atoms with Crippen LogP contribution in [-0.2, 0) is 13.0 Å². The highest BCUT2D eigenvalue weighted by Crippen LogP contribution is 2.35. The lowest BCUT2D eigenvalue weighted by Gasteiger charge is -2.17. The van der Waals surface area contributed by atoms with E-state index in [0.29, 0.717) is 23.6 Å². The van der Waals surface area contributed by atoms with E-state index in [4.69, 9.17) is 0 Å². The molecule has 0 bridgehead atoms. The van der Waals surface area contributed by atoms with Crippen LogP contribution in [0.25, 0.3) is 0 Å². The van der Waals surface area contributed by atoms with Crippen molar-refractivity contribution in [3.8, 4) is 0 Å². The van der Waals surface area contributed by atoms with Crippen molar-refractivity contribution in [3.05, 3.63) is 57.5 Å². The van der Waals surface area contributed by atoms with Gasteiger partial charge in [0, 0.05) is 30.3 Å². The summed E-state index contributed by atoms with van der Waals surface area (Å²) in [6.07, 6.45) is -0.0577. The van der Waals surface area contributed by atoms with Crippen molar-refractivity contribution in [1.29, 1.82) is 0 Å². The van der Waals surface area contributed by atoms with Gasteiger partial charge in [-0.25, -0.2) is 8.78 Å². The maximum absolute atomic E-state index is 12.5. The van der Waals surface area contributed by atoms with Crippen LogP contribution >= 0.6 is 0 Å². The molecule has 1 fully saturated rings. The fourth-order valence-corrected chi connectivity index (χ4v) is 2.75. The zero-order chi connectivity index (χ0) is 17.1. The van der Waals surface area contributed by atoms with Gasteiger partial charge in [0.15, 0.2) is 0 Å². The molecule has 0 amide bonds. The number of hydrogen-bond acceptors (Lipinski definition) is 5. The Kier molecular flexibility index (Phi) is 4.84. The van der Waals surface area contributed by atoms with Gasteiger partial charge in [0.25, 0.3) is 12.1 Å². The van der Waals surface area contributed by atoms with E-state index in [1.165, 1.54) is 12.1 Å². The van der Waals surface area contributed by atoms with E-state index >= 15 is 0 Å². The molecule has 0 radical (unpaired) electrons. The highest BCUT2D eigenvalue weighted by Gasteiger charge is 2.32. The molecule has 0 saturated heterocycles. The number of nitrogens with one attached hydrogen (secondary N) is 1. The second-order valence-corrected chi connectivity index (χ2v) is 5.94. The van der Waals surface area contributed by atoms with Crippen molar-refractivity contribution in [2.45, 2.75) is 38.3 Å². The van der Waals surface area contributed by atoms with Crippen LogP contribution in [0.3, 0.4) is 0 Å². The number of rotatable bonds is 8. The highest BCUT2D eigenvalue weighted by atomic mass is 19.3. The molecule has 2 aromatic rings. The first-order valence-corrected chi connectivity index (χ1v) is 7.74. The van der Waals surface area contributed by atoms with Gasteiger partial charge in [0.05, 0.1) is 10.6 Å². The Labute approximate surface area is 137 Å². The minimum Gasteiger partial charge on any atom is -0.355 e. The number of nitro groups is 1. The minimum absolute atomic E-state index is 0.0396. The van der Waals surface area contributed by atoms with Gasteiger partial charge in [-0.15, -0.1) is 0 Å². The van der Waals surface area contributed by atoms with Crippen molar-refractivity contribution in [1.82, 2.24) is 10.5 Å². The quantitative estimate of drug-likeness (QED) is 0.587. The number of benzene rings is 1. The number of para-hydroxylation sites is 1. The molecule has 1 atom stereocenters. The van der Waals surface area contributed by atoms with Crippen LogP contribution in [-0.4, -0.2) is 16.1 Å². The molecule has 128 valence electrons. The molecular weight excluding hydrogens is 320 g/mol. The molecule has 1 aliphatic carbocycles. The largest absolute Gasteiger partial charge is 0.355 e. The summed E-state index contributed by atoms with van der Waals surface area (Å²) in [7, 11) is 0. The number of halogens is 2. The van der Waals surface area contributed by atoms with Gasteiger partial charge in [-0.3, -0.25) is 10.1 Å². The van der Waals surface area contributed by atoms with Crippen LogP contribution in [0.5, 0.6) is 0 Å². The Bertz CT molecular complexity index is 716. The molecule has 1 unspecified atom stereocenters. The second-order valence-electron chi connectivity index (χ2n) is 5.94. The Hall–Kier alpha value is -2.35. The molecule has 1 saturated carbocycles. The van der Waals surface area contributed by atoms with Crippen molar-refractivity contribution in [2.75, 3.05) is 0 Å². The fourth-order valence-electron chi connectivity index (χ4n) is 2.75. The maximum atomic E-state index is 12.5. The maximum Gasteiger partial charge on any atom is 0.298 e. The van der Waals surface area contributed by atoms with Gasteiger partial charge in [-0.1, -0.05) is 23.4 Å². The molecule has 3 rings (SSSR count). The lowest BCUT2D eigenvalue weighted by atomic mass is 10.0. The van der Waals surface area contributed by atoms with Crippen LogP contribution in [0.15, 0.2) is 34.9 Å². The van der Waals surface area contributed by atoms with E-state index in [-0.39, 0.29) is 23.2 Å². The van der Waals surface area contributed by atoms with Gasteiger partial charge in [0.1, 0.15) is 0 Å². The van der Waals surface area contributed by atoms with Crippen molar-refractivity contribution in [3.63, 3.8) is 0 Å². The molecule has 6 nitrogen and oxygen atoms in total. The SMILES string of the molecule is O=[N+]([O-])c1ccccc1CC(NCc1cc(C(F)F)on1)C1CC1. The second kappa shape index (κ2) is 7.04. The molecule has 1 heterocycles. The van der Waals surface area contributed by atoms with E-state index in [9.17, 15) is 18.9 Å². The molecule has 1 aromatic carbocycles. The van der Waals surface area contributed by atoms with Gasteiger partial charge >= 0.3 is 0 Å². The highest BCUT2D eigenvalue weighted by molar-refractivity contribution is 5.40. The summed E-state index contributed by atoms with van der Waals surface area (Å²) in [6.45, 7) is 0.290. The summed E-state index contributed by atoms with van der Waals surface area (Å²) in [6, 6.07) is 7.93. The summed E-state index contributed by atoms with van der Waals surface area (Å²) in [5, 5.41) is 18.0. The number of nitro benzene ring substituents is 1. The van der Waals surface area contributed by atoms with Crippen LogP contribution in [0.4, 0.5) is 14.5 Å². The molecule has 8 heteroatoms. The molecule has 0 spiro atoms. The molecule has 1 aliphatic rings. The number of hydrogen-bond donors (Lipinski definition) is 1. The average molecular weight is 337 g/mol. The average Bonchev–Trinajstić information content (AvgIpc) is 3.29. The van der Waals surface area contributed by atoms with Crippen LogP contribution in [0.1, 0.15) is 36.3 Å². The summed E-state index contributed by atoms with van der Waals surface area (Å²) in [4.78, 5) is 10.7. The number of aromatic nitrogens is 1. The van der Waals surface area contributed by atoms with Gasteiger partial charge in [-0.05, 0) is 25.2 Å². The minimum atomic E-state index is -2.68. The monoisotopic (exact) mass is 337 g/mol. The zero-order valence-corrected chi connectivity index (χ0v) is 12.8. The predicted octanol–water partition coefficient (Wildman–Crippen LogP) is 3.63. The smallest absolute Gasteiger partial charge is 0.298 e. The molecule has 24 heavy (non-hydrogen) atoms. The summed E-state index contributed by atoms with van der Waals surface area (Å²) in [5.74, 6) is -0.0141. The number of alkyl halides is 2. The van der Waals surface area contributed by atoms with Crippen molar-refractivity contribution >= 4 is 5.69 Å². The van der Waals surface area contributed by atoms with E-state index < -0.39 is 12.2 Å². The zero-order valence-electron chi connectivity index (χ0n) is 12.8.